The molecule has 11 heteroatoms. The predicted molar refractivity (Wildman–Crippen MR) is 171 cm³/mol. The van der Waals surface area contributed by atoms with Crippen molar-refractivity contribution in [1.29, 1.82) is 0 Å². The molecular weight excluding hydrogens is 583 g/mol. The van der Waals surface area contributed by atoms with Gasteiger partial charge in [-0.05, 0) is 61.7 Å². The number of carbonyl (C=O) groups excluding carboxylic acids is 2. The van der Waals surface area contributed by atoms with Crippen LogP contribution >= 0.6 is 23.1 Å². The summed E-state index contributed by atoms with van der Waals surface area (Å²) < 4.78 is 11.9. The molecule has 0 spiro atoms. The molecule has 0 bridgehead atoms. The zero-order valence-electron chi connectivity index (χ0n) is 24.8. The number of piperazine rings is 1. The Morgan fingerprint density at radius 2 is 1.74 bits per heavy atom. The summed E-state index contributed by atoms with van der Waals surface area (Å²) in [6.07, 6.45) is 7.20. The molecule has 3 fully saturated rings. The van der Waals surface area contributed by atoms with Crippen molar-refractivity contribution in [2.45, 2.75) is 47.8 Å². The molecule has 1 N–H and O–H groups in total. The number of carbonyl (C=O) groups is 2. The van der Waals surface area contributed by atoms with Gasteiger partial charge in [0.2, 0.25) is 0 Å². The summed E-state index contributed by atoms with van der Waals surface area (Å²) >= 11 is 2.94. The van der Waals surface area contributed by atoms with E-state index in [1.165, 1.54) is 48.8 Å². The van der Waals surface area contributed by atoms with Gasteiger partial charge in [-0.15, -0.1) is 0 Å². The van der Waals surface area contributed by atoms with Gasteiger partial charge in [0.1, 0.15) is 5.75 Å². The highest BCUT2D eigenvalue weighted by Gasteiger charge is 2.27. The monoisotopic (exact) mass is 621 g/mol. The molecule has 3 heterocycles. The molecule has 9 nitrogen and oxygen atoms in total. The van der Waals surface area contributed by atoms with Crippen LogP contribution in [0.25, 0.3) is 0 Å². The zero-order chi connectivity index (χ0) is 29.8. The maximum absolute atomic E-state index is 13.2. The number of anilines is 2. The van der Waals surface area contributed by atoms with Crippen molar-refractivity contribution >= 4 is 45.7 Å². The van der Waals surface area contributed by atoms with Crippen LogP contribution in [-0.4, -0.2) is 92.2 Å². The summed E-state index contributed by atoms with van der Waals surface area (Å²) in [6.45, 7) is 8.48. The highest BCUT2D eigenvalue weighted by Crippen LogP contribution is 2.38. The van der Waals surface area contributed by atoms with Gasteiger partial charge in [0.15, 0.2) is 5.13 Å². The number of aromatic nitrogens is 1. The Morgan fingerprint density at radius 1 is 1.02 bits per heavy atom. The third-order valence-electron chi connectivity index (χ3n) is 8.59. The van der Waals surface area contributed by atoms with E-state index in [0.29, 0.717) is 48.3 Å². The summed E-state index contributed by atoms with van der Waals surface area (Å²) in [4.78, 5) is 38.5. The first-order valence-corrected chi connectivity index (χ1v) is 16.7. The van der Waals surface area contributed by atoms with E-state index < -0.39 is 0 Å². The summed E-state index contributed by atoms with van der Waals surface area (Å²) in [5.41, 5.74) is 3.31. The third-order valence-corrected chi connectivity index (χ3v) is 10.8. The summed E-state index contributed by atoms with van der Waals surface area (Å²) in [5, 5.41) is 3.49. The molecule has 43 heavy (non-hydrogen) atoms. The number of ether oxygens (including phenoxy) is 2. The van der Waals surface area contributed by atoms with E-state index >= 15 is 0 Å². The summed E-state index contributed by atoms with van der Waals surface area (Å²) in [7, 11) is 1.58. The van der Waals surface area contributed by atoms with Gasteiger partial charge in [0, 0.05) is 61.5 Å². The molecule has 1 aromatic heterocycles. The van der Waals surface area contributed by atoms with Crippen molar-refractivity contribution in [3.63, 3.8) is 0 Å². The topological polar surface area (TPSA) is 87.2 Å². The minimum absolute atomic E-state index is 0.0587. The van der Waals surface area contributed by atoms with Crippen LogP contribution in [0.15, 0.2) is 51.7 Å². The Balaban J connectivity index is 1.06. The highest BCUT2D eigenvalue weighted by molar-refractivity contribution is 8.01. The maximum atomic E-state index is 13.2. The second kappa shape index (κ2) is 13.7. The van der Waals surface area contributed by atoms with Crippen LogP contribution in [-0.2, 0) is 4.74 Å². The number of hydrogen-bond acceptors (Lipinski definition) is 9. The van der Waals surface area contributed by atoms with Gasteiger partial charge < -0.3 is 19.3 Å². The lowest BCUT2D eigenvalue weighted by Gasteiger charge is -2.39. The third kappa shape index (κ3) is 7.01. The summed E-state index contributed by atoms with van der Waals surface area (Å²) in [5.74, 6) is 0.326. The van der Waals surface area contributed by atoms with E-state index in [4.69, 9.17) is 9.47 Å². The molecule has 6 rings (SSSR count). The van der Waals surface area contributed by atoms with Crippen molar-refractivity contribution in [3.8, 4) is 5.75 Å². The van der Waals surface area contributed by atoms with Crippen molar-refractivity contribution in [2.24, 2.45) is 0 Å². The largest absolute Gasteiger partial charge is 0.496 e. The number of aryl methyl sites for hydroxylation is 1. The first-order valence-electron chi connectivity index (χ1n) is 15.1. The molecule has 3 aliphatic rings. The predicted octanol–water partition coefficient (Wildman–Crippen LogP) is 5.40. The number of amides is 2. The molecule has 2 aromatic carbocycles. The Morgan fingerprint density at radius 3 is 2.44 bits per heavy atom. The smallest absolute Gasteiger partial charge is 0.257 e. The van der Waals surface area contributed by atoms with Crippen molar-refractivity contribution in [2.75, 3.05) is 69.8 Å². The van der Waals surface area contributed by atoms with Crippen LogP contribution in [0.2, 0.25) is 0 Å². The Kier molecular flexibility index (Phi) is 9.52. The zero-order valence-corrected chi connectivity index (χ0v) is 26.5. The van der Waals surface area contributed by atoms with Crippen LogP contribution in [0.4, 0.5) is 10.8 Å². The van der Waals surface area contributed by atoms with Gasteiger partial charge in [-0.25, -0.2) is 4.98 Å². The number of morpholine rings is 1. The van der Waals surface area contributed by atoms with Gasteiger partial charge in [-0.2, -0.15) is 0 Å². The standard InChI is InChI=1S/C32H39N5O4S2/c1-22-19-27(40-2)26(31(39)37-15-17-41-18-16-37)20-28(22)42-29-21-33-32(43-29)34-30(38)23-7-9-25(10-8-23)36-13-11-35(12-14-36)24-5-3-4-6-24/h7-10,19-21,24H,3-6,11-18H2,1-2H3,(H,33,34,38). The Labute approximate surface area is 261 Å². The minimum atomic E-state index is -0.178. The Bertz CT molecular complexity index is 1430. The van der Waals surface area contributed by atoms with Crippen molar-refractivity contribution in [3.05, 3.63) is 59.3 Å². The van der Waals surface area contributed by atoms with E-state index in [0.717, 1.165) is 52.6 Å². The maximum Gasteiger partial charge on any atom is 0.257 e. The lowest BCUT2D eigenvalue weighted by Crippen LogP contribution is -2.49. The molecule has 1 saturated carbocycles. The van der Waals surface area contributed by atoms with Gasteiger partial charge in [-0.3, -0.25) is 19.8 Å². The average molecular weight is 622 g/mol. The first kappa shape index (κ1) is 29.9. The fourth-order valence-corrected chi connectivity index (χ4v) is 8.06. The highest BCUT2D eigenvalue weighted by atomic mass is 32.2. The van der Waals surface area contributed by atoms with E-state index in [1.54, 1.807) is 18.2 Å². The Hall–Kier alpha value is -3.12. The number of thiazole rings is 1. The molecular formula is C32H39N5O4S2. The van der Waals surface area contributed by atoms with Gasteiger partial charge in [-0.1, -0.05) is 35.9 Å². The van der Waals surface area contributed by atoms with Gasteiger partial charge in [0.25, 0.3) is 11.8 Å². The number of rotatable bonds is 8. The van der Waals surface area contributed by atoms with Crippen molar-refractivity contribution in [1.82, 2.24) is 14.8 Å². The van der Waals surface area contributed by atoms with E-state index in [9.17, 15) is 9.59 Å². The fourth-order valence-electron chi connectivity index (χ4n) is 6.12. The molecule has 0 atom stereocenters. The normalized spacial score (nSPS) is 18.2. The average Bonchev–Trinajstić information content (AvgIpc) is 3.75. The van der Waals surface area contributed by atoms with Crippen LogP contribution in [0.1, 0.15) is 52.0 Å². The minimum Gasteiger partial charge on any atom is -0.496 e. The molecule has 228 valence electrons. The number of benzene rings is 2. The molecule has 0 radical (unpaired) electrons. The molecule has 2 amide bonds. The first-order chi connectivity index (χ1) is 21.0. The van der Waals surface area contributed by atoms with E-state index in [-0.39, 0.29) is 11.8 Å². The van der Waals surface area contributed by atoms with Gasteiger partial charge >= 0.3 is 0 Å². The number of nitrogens with zero attached hydrogens (tertiary/aromatic N) is 4. The lowest BCUT2D eigenvalue weighted by molar-refractivity contribution is 0.0300. The van der Waals surface area contributed by atoms with E-state index in [1.807, 2.05) is 43.3 Å². The second-order valence-electron chi connectivity index (χ2n) is 11.3. The van der Waals surface area contributed by atoms with Gasteiger partial charge in [0.05, 0.1) is 36.3 Å². The van der Waals surface area contributed by atoms with Crippen molar-refractivity contribution < 1.29 is 19.1 Å². The quantitative estimate of drug-likeness (QED) is 0.358. The van der Waals surface area contributed by atoms with Crippen LogP contribution in [0, 0.1) is 6.92 Å². The lowest BCUT2D eigenvalue weighted by atomic mass is 10.1. The number of hydrogen-bond donors (Lipinski definition) is 1. The number of methoxy groups -OCH3 is 1. The van der Waals surface area contributed by atoms with Crippen LogP contribution < -0.4 is 15.0 Å². The van der Waals surface area contributed by atoms with Crippen LogP contribution in [0.5, 0.6) is 5.75 Å². The SMILES string of the molecule is COc1cc(C)c(Sc2cnc(NC(=O)c3ccc(N4CCN(C5CCCC5)CC4)cc3)s2)cc1C(=O)N1CCOCC1. The molecule has 1 aliphatic carbocycles. The second-order valence-corrected chi connectivity index (χ2v) is 13.6. The fraction of sp³-hybridized carbons (Fsp3) is 0.469. The number of nitrogens with one attached hydrogen (secondary N) is 1. The molecule has 3 aromatic rings. The van der Waals surface area contributed by atoms with Crippen LogP contribution in [0.3, 0.4) is 0 Å². The molecule has 0 unspecified atom stereocenters. The van der Waals surface area contributed by atoms with E-state index in [2.05, 4.69) is 20.1 Å². The molecule has 2 aliphatic heterocycles. The summed E-state index contributed by atoms with van der Waals surface area (Å²) in [6, 6.07) is 12.5. The molecule has 2 saturated heterocycles.